The van der Waals surface area contributed by atoms with Crippen LogP contribution in [0.4, 0.5) is 14.5 Å². The van der Waals surface area contributed by atoms with Crippen molar-refractivity contribution in [1.82, 2.24) is 9.78 Å². The molecule has 0 bridgehead atoms. The van der Waals surface area contributed by atoms with Crippen molar-refractivity contribution in [3.8, 4) is 0 Å². The summed E-state index contributed by atoms with van der Waals surface area (Å²) in [6.07, 6.45) is 0. The highest BCUT2D eigenvalue weighted by Crippen LogP contribution is 2.21. The van der Waals surface area contributed by atoms with E-state index in [2.05, 4.69) is 10.4 Å². The minimum atomic E-state index is -0.505. The zero-order valence-corrected chi connectivity index (χ0v) is 10.7. The van der Waals surface area contributed by atoms with Crippen LogP contribution in [0.5, 0.6) is 0 Å². The number of benzene rings is 1. The molecule has 6 heteroatoms. The number of nitrogens with zero attached hydrogens (tertiary/aromatic N) is 2. The quantitative estimate of drug-likeness (QED) is 0.928. The molecule has 1 heterocycles. The molecule has 0 spiro atoms. The first-order valence-electron chi connectivity index (χ1n) is 5.36. The third kappa shape index (κ3) is 2.46. The Kier molecular flexibility index (Phi) is 3.52. The maximum Gasteiger partial charge on any atom is 0.146 e. The van der Waals surface area contributed by atoms with E-state index in [0.29, 0.717) is 11.7 Å². The Morgan fingerprint density at radius 2 is 2.11 bits per heavy atom. The van der Waals surface area contributed by atoms with Crippen molar-refractivity contribution >= 4 is 17.3 Å². The van der Waals surface area contributed by atoms with Crippen LogP contribution in [0, 0.1) is 18.6 Å². The zero-order chi connectivity index (χ0) is 13.3. The van der Waals surface area contributed by atoms with E-state index in [1.54, 1.807) is 7.05 Å². The Bertz CT molecular complexity index is 581. The second-order valence-corrected chi connectivity index (χ2v) is 4.31. The first-order chi connectivity index (χ1) is 8.49. The van der Waals surface area contributed by atoms with E-state index >= 15 is 0 Å². The fourth-order valence-corrected chi connectivity index (χ4v) is 1.93. The van der Waals surface area contributed by atoms with Gasteiger partial charge in [0.05, 0.1) is 11.4 Å². The lowest BCUT2D eigenvalue weighted by Gasteiger charge is -2.07. The molecule has 0 fully saturated rings. The molecule has 0 saturated heterocycles. The number of halogens is 3. The summed E-state index contributed by atoms with van der Waals surface area (Å²) in [6, 6.07) is 3.26. The van der Waals surface area contributed by atoms with Gasteiger partial charge >= 0.3 is 0 Å². The fourth-order valence-electron chi connectivity index (χ4n) is 1.69. The molecule has 96 valence electrons. The lowest BCUT2D eigenvalue weighted by atomic mass is 10.2. The van der Waals surface area contributed by atoms with Crippen LogP contribution in [0.2, 0.25) is 5.15 Å². The van der Waals surface area contributed by atoms with Gasteiger partial charge in [-0.05, 0) is 25.1 Å². The summed E-state index contributed by atoms with van der Waals surface area (Å²) < 4.78 is 27.9. The summed E-state index contributed by atoms with van der Waals surface area (Å²) in [7, 11) is 1.72. The SMILES string of the molecule is Cc1nn(C)c(Cl)c1CNc1cc(F)ccc1F. The number of hydrogen-bond donors (Lipinski definition) is 1. The minimum absolute atomic E-state index is 0.106. The molecule has 18 heavy (non-hydrogen) atoms. The summed E-state index contributed by atoms with van der Waals surface area (Å²) >= 11 is 6.04. The summed E-state index contributed by atoms with van der Waals surface area (Å²) in [5.74, 6) is -0.998. The smallest absolute Gasteiger partial charge is 0.146 e. The second-order valence-electron chi connectivity index (χ2n) is 3.96. The van der Waals surface area contributed by atoms with Gasteiger partial charge in [-0.25, -0.2) is 8.78 Å². The van der Waals surface area contributed by atoms with Crippen LogP contribution in [0.15, 0.2) is 18.2 Å². The predicted octanol–water partition coefficient (Wildman–Crippen LogP) is 3.27. The van der Waals surface area contributed by atoms with E-state index < -0.39 is 11.6 Å². The Labute approximate surface area is 108 Å². The molecule has 0 aliphatic rings. The van der Waals surface area contributed by atoms with Gasteiger partial charge in [-0.3, -0.25) is 4.68 Å². The van der Waals surface area contributed by atoms with Gasteiger partial charge < -0.3 is 5.32 Å². The van der Waals surface area contributed by atoms with Crippen LogP contribution in [-0.2, 0) is 13.6 Å². The Morgan fingerprint density at radius 3 is 2.72 bits per heavy atom. The first-order valence-corrected chi connectivity index (χ1v) is 5.73. The maximum atomic E-state index is 13.4. The first kappa shape index (κ1) is 12.8. The molecule has 0 amide bonds. The number of anilines is 1. The van der Waals surface area contributed by atoms with E-state index in [0.717, 1.165) is 29.5 Å². The molecule has 0 saturated carbocycles. The molecule has 0 unspecified atom stereocenters. The Hall–Kier alpha value is -1.62. The standard InChI is InChI=1S/C12H12ClF2N3/c1-7-9(12(13)18(2)17-7)6-16-11-5-8(14)3-4-10(11)15/h3-5,16H,6H2,1-2H3. The molecule has 0 radical (unpaired) electrons. The molecular weight excluding hydrogens is 260 g/mol. The lowest BCUT2D eigenvalue weighted by molar-refractivity contribution is 0.602. The summed E-state index contributed by atoms with van der Waals surface area (Å²) in [5.41, 5.74) is 1.63. The molecule has 1 aromatic carbocycles. The number of hydrogen-bond acceptors (Lipinski definition) is 2. The van der Waals surface area contributed by atoms with Gasteiger partial charge in [-0.1, -0.05) is 11.6 Å². The third-order valence-electron chi connectivity index (χ3n) is 2.65. The van der Waals surface area contributed by atoms with Crippen molar-refractivity contribution in [1.29, 1.82) is 0 Å². The van der Waals surface area contributed by atoms with E-state index in [4.69, 9.17) is 11.6 Å². The van der Waals surface area contributed by atoms with Crippen molar-refractivity contribution in [3.05, 3.63) is 46.2 Å². The minimum Gasteiger partial charge on any atom is -0.378 e. The zero-order valence-electron chi connectivity index (χ0n) is 9.97. The Balaban J connectivity index is 2.19. The Morgan fingerprint density at radius 1 is 1.39 bits per heavy atom. The molecule has 1 N–H and O–H groups in total. The fraction of sp³-hybridized carbons (Fsp3) is 0.250. The maximum absolute atomic E-state index is 13.4. The van der Waals surface area contributed by atoms with Crippen LogP contribution >= 0.6 is 11.6 Å². The van der Waals surface area contributed by atoms with Gasteiger partial charge in [0.25, 0.3) is 0 Å². The second kappa shape index (κ2) is 4.94. The highest BCUT2D eigenvalue weighted by Gasteiger charge is 2.11. The molecular formula is C12H12ClF2N3. The highest BCUT2D eigenvalue weighted by atomic mass is 35.5. The molecule has 2 aromatic rings. The highest BCUT2D eigenvalue weighted by molar-refractivity contribution is 6.30. The van der Waals surface area contributed by atoms with Gasteiger partial charge in [0.15, 0.2) is 0 Å². The van der Waals surface area contributed by atoms with Gasteiger partial charge in [0, 0.05) is 19.2 Å². The summed E-state index contributed by atoms with van der Waals surface area (Å²) in [4.78, 5) is 0. The average Bonchev–Trinajstić information content (AvgIpc) is 2.55. The van der Waals surface area contributed by atoms with E-state index in [-0.39, 0.29) is 5.69 Å². The lowest BCUT2D eigenvalue weighted by Crippen LogP contribution is -2.03. The van der Waals surface area contributed by atoms with Gasteiger partial charge in [-0.15, -0.1) is 0 Å². The van der Waals surface area contributed by atoms with Crippen molar-refractivity contribution in [2.75, 3.05) is 5.32 Å². The van der Waals surface area contributed by atoms with Gasteiger partial charge in [0.2, 0.25) is 0 Å². The van der Waals surface area contributed by atoms with Crippen LogP contribution < -0.4 is 5.32 Å². The largest absolute Gasteiger partial charge is 0.378 e. The number of nitrogens with one attached hydrogen (secondary N) is 1. The van der Waals surface area contributed by atoms with Crippen molar-refractivity contribution < 1.29 is 8.78 Å². The van der Waals surface area contributed by atoms with Gasteiger partial charge in [-0.2, -0.15) is 5.10 Å². The van der Waals surface area contributed by atoms with E-state index in [9.17, 15) is 8.78 Å². The molecule has 1 aromatic heterocycles. The molecule has 0 atom stereocenters. The van der Waals surface area contributed by atoms with Gasteiger partial charge in [0.1, 0.15) is 16.8 Å². The molecule has 3 nitrogen and oxygen atoms in total. The van der Waals surface area contributed by atoms with Crippen molar-refractivity contribution in [2.45, 2.75) is 13.5 Å². The number of rotatable bonds is 3. The van der Waals surface area contributed by atoms with Crippen molar-refractivity contribution in [2.24, 2.45) is 7.05 Å². The van der Waals surface area contributed by atoms with Crippen LogP contribution in [0.1, 0.15) is 11.3 Å². The summed E-state index contributed by atoms with van der Waals surface area (Å²) in [5, 5.41) is 7.44. The average molecular weight is 272 g/mol. The third-order valence-corrected chi connectivity index (χ3v) is 3.13. The van der Waals surface area contributed by atoms with E-state index in [1.165, 1.54) is 4.68 Å². The number of aryl methyl sites for hydroxylation is 2. The topological polar surface area (TPSA) is 29.9 Å². The monoisotopic (exact) mass is 271 g/mol. The number of aromatic nitrogens is 2. The van der Waals surface area contributed by atoms with Crippen LogP contribution in [0.25, 0.3) is 0 Å². The molecule has 2 rings (SSSR count). The molecule has 0 aliphatic carbocycles. The summed E-state index contributed by atoms with van der Waals surface area (Å²) in [6.45, 7) is 2.10. The van der Waals surface area contributed by atoms with Crippen molar-refractivity contribution in [3.63, 3.8) is 0 Å². The van der Waals surface area contributed by atoms with Crippen LogP contribution in [0.3, 0.4) is 0 Å². The normalized spacial score (nSPS) is 10.7. The van der Waals surface area contributed by atoms with Crippen LogP contribution in [-0.4, -0.2) is 9.78 Å². The predicted molar refractivity (Wildman–Crippen MR) is 66.6 cm³/mol. The van der Waals surface area contributed by atoms with E-state index in [1.807, 2.05) is 6.92 Å². The molecule has 0 aliphatic heterocycles.